The maximum absolute atomic E-state index is 5.95. The van der Waals surface area contributed by atoms with Gasteiger partial charge in [0.2, 0.25) is 0 Å². The van der Waals surface area contributed by atoms with Crippen molar-refractivity contribution in [2.24, 2.45) is 5.92 Å². The minimum atomic E-state index is 0.723. The Bertz CT molecular complexity index is 366. The summed E-state index contributed by atoms with van der Waals surface area (Å²) in [6, 6.07) is 8.42. The molecule has 2 unspecified atom stereocenters. The van der Waals surface area contributed by atoms with Crippen LogP contribution in [0.5, 0.6) is 0 Å². The van der Waals surface area contributed by atoms with Crippen molar-refractivity contribution < 1.29 is 0 Å². The fourth-order valence-electron chi connectivity index (χ4n) is 2.91. The predicted molar refractivity (Wildman–Crippen MR) is 79.9 cm³/mol. The molecule has 0 N–H and O–H groups in total. The zero-order valence-corrected chi connectivity index (χ0v) is 11.7. The summed E-state index contributed by atoms with van der Waals surface area (Å²) in [5.41, 5.74) is 1.46. The number of unbranched alkanes of at least 4 members (excludes halogenated alkanes) is 1. The Morgan fingerprint density at radius 1 is 1.28 bits per heavy atom. The summed E-state index contributed by atoms with van der Waals surface area (Å²) in [7, 11) is 0. The predicted octanol–water partition coefficient (Wildman–Crippen LogP) is 5.78. The summed E-state index contributed by atoms with van der Waals surface area (Å²) < 4.78 is 0. The highest BCUT2D eigenvalue weighted by Gasteiger charge is 2.22. The van der Waals surface area contributed by atoms with Gasteiger partial charge in [-0.3, -0.25) is 0 Å². The van der Waals surface area contributed by atoms with E-state index in [1.165, 1.54) is 37.7 Å². The van der Waals surface area contributed by atoms with Gasteiger partial charge < -0.3 is 0 Å². The van der Waals surface area contributed by atoms with E-state index >= 15 is 0 Å². The van der Waals surface area contributed by atoms with E-state index in [0.717, 1.165) is 23.3 Å². The van der Waals surface area contributed by atoms with Crippen LogP contribution in [0.1, 0.15) is 50.0 Å². The number of hydrogen-bond donors (Lipinski definition) is 0. The second-order valence-electron chi connectivity index (χ2n) is 5.28. The highest BCUT2D eigenvalue weighted by molar-refractivity contribution is 6.30. The molecule has 1 aromatic rings. The molecular weight excluding hydrogens is 240 g/mol. The van der Waals surface area contributed by atoms with Crippen LogP contribution in [0.25, 0.3) is 0 Å². The lowest BCUT2D eigenvalue weighted by atomic mass is 9.76. The van der Waals surface area contributed by atoms with E-state index in [4.69, 9.17) is 11.6 Å². The second-order valence-corrected chi connectivity index (χ2v) is 5.71. The van der Waals surface area contributed by atoms with Gasteiger partial charge in [-0.05, 0) is 74.5 Å². The molecule has 1 aliphatic rings. The lowest BCUT2D eigenvalue weighted by molar-refractivity contribution is 0.372. The summed E-state index contributed by atoms with van der Waals surface area (Å²) in [5, 5.41) is 0.837. The van der Waals surface area contributed by atoms with Gasteiger partial charge in [-0.1, -0.05) is 29.8 Å². The highest BCUT2D eigenvalue weighted by Crippen LogP contribution is 2.37. The summed E-state index contributed by atoms with van der Waals surface area (Å²) in [6.45, 7) is 3.79. The van der Waals surface area contributed by atoms with Gasteiger partial charge in [-0.2, -0.15) is 0 Å². The van der Waals surface area contributed by atoms with Gasteiger partial charge in [0.05, 0.1) is 0 Å². The fourth-order valence-corrected chi connectivity index (χ4v) is 3.04. The fraction of sp³-hybridized carbons (Fsp3) is 0.471. The van der Waals surface area contributed by atoms with Gasteiger partial charge in [-0.25, -0.2) is 0 Å². The standard InChI is InChI=1S/C17H22Cl/c1-2-3-4-6-14-7-5-8-16(13-14)15-9-11-17(18)12-10-15/h2,7,9-12,14,16H,1,3-6,8,13H2. The monoisotopic (exact) mass is 261 g/mol. The minimum Gasteiger partial charge on any atom is -0.103 e. The summed E-state index contributed by atoms with van der Waals surface area (Å²) >= 11 is 5.95. The third-order valence-electron chi connectivity index (χ3n) is 3.93. The van der Waals surface area contributed by atoms with Gasteiger partial charge >= 0.3 is 0 Å². The molecular formula is C17H22Cl. The van der Waals surface area contributed by atoms with Crippen LogP contribution in [-0.4, -0.2) is 0 Å². The molecule has 0 amide bonds. The van der Waals surface area contributed by atoms with E-state index in [2.05, 4.69) is 25.1 Å². The third-order valence-corrected chi connectivity index (χ3v) is 4.18. The van der Waals surface area contributed by atoms with Crippen LogP contribution in [0.15, 0.2) is 36.9 Å². The van der Waals surface area contributed by atoms with Crippen molar-refractivity contribution in [3.05, 3.63) is 53.9 Å². The quantitative estimate of drug-likeness (QED) is 0.465. The average molecular weight is 262 g/mol. The first-order chi connectivity index (χ1) is 8.79. The molecule has 0 heterocycles. The van der Waals surface area contributed by atoms with Gasteiger partial charge in [0, 0.05) is 5.02 Å². The van der Waals surface area contributed by atoms with Gasteiger partial charge in [0.1, 0.15) is 0 Å². The Labute approximate surface area is 116 Å². The summed E-state index contributed by atoms with van der Waals surface area (Å²) in [5.74, 6) is 1.51. The Morgan fingerprint density at radius 3 is 2.78 bits per heavy atom. The molecule has 0 spiro atoms. The molecule has 1 fully saturated rings. The lowest BCUT2D eigenvalue weighted by Crippen LogP contribution is -2.14. The molecule has 97 valence electrons. The van der Waals surface area contributed by atoms with Crippen molar-refractivity contribution in [3.8, 4) is 0 Å². The first-order valence-corrected chi connectivity index (χ1v) is 7.37. The normalized spacial score (nSPS) is 23.8. The molecule has 2 atom stereocenters. The molecule has 0 nitrogen and oxygen atoms in total. The van der Waals surface area contributed by atoms with E-state index in [0.29, 0.717) is 0 Å². The smallest absolute Gasteiger partial charge is 0.0406 e. The molecule has 0 bridgehead atoms. The van der Waals surface area contributed by atoms with Crippen LogP contribution in [0.4, 0.5) is 0 Å². The summed E-state index contributed by atoms with van der Waals surface area (Å²) in [6.07, 6.45) is 12.1. The zero-order valence-electron chi connectivity index (χ0n) is 10.9. The third kappa shape index (κ3) is 3.88. The average Bonchev–Trinajstić information content (AvgIpc) is 2.40. The summed E-state index contributed by atoms with van der Waals surface area (Å²) in [4.78, 5) is 0. The maximum Gasteiger partial charge on any atom is 0.0406 e. The molecule has 18 heavy (non-hydrogen) atoms. The van der Waals surface area contributed by atoms with Gasteiger partial charge in [-0.15, -0.1) is 6.58 Å². The molecule has 0 aliphatic heterocycles. The van der Waals surface area contributed by atoms with Crippen molar-refractivity contribution in [1.29, 1.82) is 0 Å². The number of halogens is 1. The number of hydrogen-bond acceptors (Lipinski definition) is 0. The molecule has 1 aliphatic carbocycles. The van der Waals surface area contributed by atoms with E-state index in [1.807, 2.05) is 18.2 Å². The zero-order chi connectivity index (χ0) is 12.8. The SMILES string of the molecule is C=CCCCC1[CH]CCC(c2ccc(Cl)cc2)C1. The number of benzene rings is 1. The Morgan fingerprint density at radius 2 is 2.06 bits per heavy atom. The first kappa shape index (κ1) is 13.7. The van der Waals surface area contributed by atoms with Crippen molar-refractivity contribution in [1.82, 2.24) is 0 Å². The molecule has 1 saturated carbocycles. The van der Waals surface area contributed by atoms with Crippen LogP contribution in [0, 0.1) is 12.3 Å². The Kier molecular flexibility index (Phi) is 5.31. The molecule has 0 saturated heterocycles. The highest BCUT2D eigenvalue weighted by atomic mass is 35.5. The topological polar surface area (TPSA) is 0 Å². The van der Waals surface area contributed by atoms with E-state index in [-0.39, 0.29) is 0 Å². The molecule has 1 heteroatoms. The van der Waals surface area contributed by atoms with Crippen LogP contribution >= 0.6 is 11.6 Å². The Hall–Kier alpha value is -0.750. The largest absolute Gasteiger partial charge is 0.103 e. The van der Waals surface area contributed by atoms with Crippen LogP contribution in [-0.2, 0) is 0 Å². The van der Waals surface area contributed by atoms with Crippen molar-refractivity contribution in [2.75, 3.05) is 0 Å². The van der Waals surface area contributed by atoms with Crippen molar-refractivity contribution in [3.63, 3.8) is 0 Å². The van der Waals surface area contributed by atoms with Crippen molar-refractivity contribution >= 4 is 11.6 Å². The molecule has 2 rings (SSSR count). The molecule has 1 radical (unpaired) electrons. The van der Waals surface area contributed by atoms with Gasteiger partial charge in [0.25, 0.3) is 0 Å². The second kappa shape index (κ2) is 6.99. The number of rotatable bonds is 5. The van der Waals surface area contributed by atoms with Crippen LogP contribution in [0.3, 0.4) is 0 Å². The first-order valence-electron chi connectivity index (χ1n) is 6.99. The van der Waals surface area contributed by atoms with E-state index in [1.54, 1.807) is 0 Å². The van der Waals surface area contributed by atoms with Gasteiger partial charge in [0.15, 0.2) is 0 Å². The van der Waals surface area contributed by atoms with Crippen LogP contribution in [0.2, 0.25) is 5.02 Å². The van der Waals surface area contributed by atoms with E-state index < -0.39 is 0 Å². The maximum atomic E-state index is 5.95. The lowest BCUT2D eigenvalue weighted by Gasteiger charge is -2.29. The van der Waals surface area contributed by atoms with Crippen LogP contribution < -0.4 is 0 Å². The Balaban J connectivity index is 1.89. The minimum absolute atomic E-state index is 0.723. The van der Waals surface area contributed by atoms with E-state index in [9.17, 15) is 0 Å². The molecule has 1 aromatic carbocycles. The number of allylic oxidation sites excluding steroid dienone is 1. The molecule has 0 aromatic heterocycles. The van der Waals surface area contributed by atoms with Crippen molar-refractivity contribution in [2.45, 2.75) is 44.4 Å².